The molecule has 0 saturated heterocycles. The van der Waals surface area contributed by atoms with Crippen LogP contribution in [0.2, 0.25) is 0 Å². The van der Waals surface area contributed by atoms with Gasteiger partial charge in [-0.15, -0.1) is 0 Å². The van der Waals surface area contributed by atoms with E-state index in [0.717, 1.165) is 22.3 Å². The molecule has 0 aromatic heterocycles. The first-order chi connectivity index (χ1) is 15.1. The molecule has 3 nitrogen and oxygen atoms in total. The Labute approximate surface area is 180 Å². The van der Waals surface area contributed by atoms with Crippen molar-refractivity contribution in [1.29, 1.82) is 5.26 Å². The molecule has 0 aliphatic rings. The summed E-state index contributed by atoms with van der Waals surface area (Å²) in [4.78, 5) is 0. The van der Waals surface area contributed by atoms with E-state index in [1.54, 1.807) is 24.3 Å². The predicted octanol–water partition coefficient (Wildman–Crippen LogP) is 6.76. The lowest BCUT2D eigenvalue weighted by atomic mass is 10.0. The predicted molar refractivity (Wildman–Crippen MR) is 119 cm³/mol. The molecule has 0 aliphatic heterocycles. The Bertz CT molecular complexity index is 1210. The highest BCUT2D eigenvalue weighted by atomic mass is 19.1. The van der Waals surface area contributed by atoms with E-state index < -0.39 is 0 Å². The summed E-state index contributed by atoms with van der Waals surface area (Å²) in [6, 6.07) is 29.6. The molecule has 4 heteroatoms. The summed E-state index contributed by atoms with van der Waals surface area (Å²) in [6.45, 7) is 1.97. The first-order valence-corrected chi connectivity index (χ1v) is 9.85. The maximum absolute atomic E-state index is 14.5. The van der Waals surface area contributed by atoms with Gasteiger partial charge in [0.15, 0.2) is 0 Å². The normalized spacial score (nSPS) is 10.4. The molecule has 152 valence electrons. The van der Waals surface area contributed by atoms with Gasteiger partial charge < -0.3 is 9.47 Å². The fourth-order valence-electron chi connectivity index (χ4n) is 3.20. The van der Waals surface area contributed by atoms with Crippen molar-refractivity contribution in [2.24, 2.45) is 0 Å². The van der Waals surface area contributed by atoms with Crippen LogP contribution in [0.5, 0.6) is 11.5 Å². The lowest BCUT2D eigenvalue weighted by Gasteiger charge is -2.11. The lowest BCUT2D eigenvalue weighted by molar-refractivity contribution is 0.119. The molecule has 0 unspecified atom stereocenters. The van der Waals surface area contributed by atoms with Crippen LogP contribution in [-0.2, 0) is 0 Å². The molecule has 0 radical (unpaired) electrons. The topological polar surface area (TPSA) is 42.2 Å². The van der Waals surface area contributed by atoms with Crippen molar-refractivity contribution in [2.75, 3.05) is 6.79 Å². The van der Waals surface area contributed by atoms with E-state index in [-0.39, 0.29) is 12.6 Å². The highest BCUT2D eigenvalue weighted by molar-refractivity contribution is 5.66. The zero-order valence-electron chi connectivity index (χ0n) is 17.0. The number of rotatable bonds is 6. The number of halogens is 1. The molecule has 0 fully saturated rings. The van der Waals surface area contributed by atoms with Gasteiger partial charge in [-0.25, -0.2) is 4.39 Å². The van der Waals surface area contributed by atoms with Crippen LogP contribution in [-0.4, -0.2) is 6.79 Å². The average molecular weight is 409 g/mol. The first kappa shape index (κ1) is 20.2. The van der Waals surface area contributed by atoms with Crippen molar-refractivity contribution < 1.29 is 13.9 Å². The monoisotopic (exact) mass is 409 g/mol. The van der Waals surface area contributed by atoms with Crippen LogP contribution in [0.3, 0.4) is 0 Å². The van der Waals surface area contributed by atoms with Gasteiger partial charge >= 0.3 is 0 Å². The van der Waals surface area contributed by atoms with Crippen LogP contribution < -0.4 is 9.47 Å². The van der Waals surface area contributed by atoms with Gasteiger partial charge in [-0.2, -0.15) is 5.26 Å². The smallest absolute Gasteiger partial charge is 0.230 e. The van der Waals surface area contributed by atoms with Crippen molar-refractivity contribution in [2.45, 2.75) is 6.92 Å². The number of ether oxygens (including phenoxy) is 2. The molecule has 31 heavy (non-hydrogen) atoms. The Morgan fingerprint density at radius 1 is 0.710 bits per heavy atom. The Balaban J connectivity index is 1.35. The van der Waals surface area contributed by atoms with Gasteiger partial charge in [0, 0.05) is 11.6 Å². The van der Waals surface area contributed by atoms with E-state index in [4.69, 9.17) is 14.7 Å². The fourth-order valence-corrected chi connectivity index (χ4v) is 3.20. The largest absolute Gasteiger partial charge is 0.458 e. The van der Waals surface area contributed by atoms with Crippen LogP contribution in [0.4, 0.5) is 4.39 Å². The number of aryl methyl sites for hydroxylation is 1. The second-order valence-corrected chi connectivity index (χ2v) is 7.13. The van der Waals surface area contributed by atoms with Gasteiger partial charge in [-0.1, -0.05) is 54.1 Å². The Kier molecular flexibility index (Phi) is 5.96. The summed E-state index contributed by atoms with van der Waals surface area (Å²) < 4.78 is 25.7. The number of nitriles is 1. The van der Waals surface area contributed by atoms with Crippen LogP contribution >= 0.6 is 0 Å². The molecular weight excluding hydrogens is 389 g/mol. The lowest BCUT2D eigenvalue weighted by Crippen LogP contribution is -2.05. The Morgan fingerprint density at radius 2 is 1.26 bits per heavy atom. The molecule has 4 rings (SSSR count). The van der Waals surface area contributed by atoms with E-state index in [0.29, 0.717) is 22.6 Å². The molecule has 0 bridgehead atoms. The second-order valence-electron chi connectivity index (χ2n) is 7.13. The van der Waals surface area contributed by atoms with Crippen molar-refractivity contribution in [1.82, 2.24) is 0 Å². The fraction of sp³-hybridized carbons (Fsp3) is 0.0741. The second kappa shape index (κ2) is 9.15. The molecule has 0 amide bonds. The van der Waals surface area contributed by atoms with Gasteiger partial charge in [0.1, 0.15) is 17.3 Å². The van der Waals surface area contributed by atoms with Crippen LogP contribution in [0.15, 0.2) is 91.0 Å². The van der Waals surface area contributed by atoms with E-state index in [2.05, 4.69) is 6.07 Å². The quantitative estimate of drug-likeness (QED) is 0.331. The van der Waals surface area contributed by atoms with E-state index in [1.165, 1.54) is 6.07 Å². The molecular formula is C27H20FNO2. The Morgan fingerprint density at radius 3 is 1.87 bits per heavy atom. The zero-order valence-corrected chi connectivity index (χ0v) is 17.0. The third-order valence-electron chi connectivity index (χ3n) is 4.96. The molecule has 0 saturated carbocycles. The van der Waals surface area contributed by atoms with Crippen LogP contribution in [0.25, 0.3) is 22.3 Å². The third kappa shape index (κ3) is 4.91. The van der Waals surface area contributed by atoms with Crippen molar-refractivity contribution in [3.8, 4) is 39.8 Å². The van der Waals surface area contributed by atoms with Gasteiger partial charge in [0.25, 0.3) is 0 Å². The molecule has 0 N–H and O–H groups in total. The summed E-state index contributed by atoms with van der Waals surface area (Å²) in [5.74, 6) is 0.713. The van der Waals surface area contributed by atoms with Crippen molar-refractivity contribution in [3.63, 3.8) is 0 Å². The summed E-state index contributed by atoms with van der Waals surface area (Å²) in [5, 5.41) is 8.89. The number of benzene rings is 4. The van der Waals surface area contributed by atoms with Gasteiger partial charge in [-0.05, 0) is 60.0 Å². The number of nitrogens with zero attached hydrogens (tertiary/aromatic N) is 1. The zero-order chi connectivity index (χ0) is 21.6. The number of hydrogen-bond acceptors (Lipinski definition) is 3. The highest BCUT2D eigenvalue weighted by Crippen LogP contribution is 2.27. The first-order valence-electron chi connectivity index (χ1n) is 9.85. The van der Waals surface area contributed by atoms with E-state index in [9.17, 15) is 4.39 Å². The standard InChI is InChI=1S/C27H20FNO2/c1-19-2-6-23(7-3-19)26-15-14-25(16-27(26)28)31-18-30-24-12-10-22(11-13-24)21-8-4-20(17-29)5-9-21/h2-16H,18H2,1H3. The molecule has 4 aromatic carbocycles. The minimum atomic E-state index is -0.340. The van der Waals surface area contributed by atoms with Crippen LogP contribution in [0.1, 0.15) is 11.1 Å². The summed E-state index contributed by atoms with van der Waals surface area (Å²) >= 11 is 0. The molecule has 0 atom stereocenters. The van der Waals surface area contributed by atoms with Gasteiger partial charge in [-0.3, -0.25) is 0 Å². The minimum absolute atomic E-state index is 0.0282. The number of hydrogen-bond donors (Lipinski definition) is 0. The minimum Gasteiger partial charge on any atom is -0.458 e. The molecule has 0 aliphatic carbocycles. The highest BCUT2D eigenvalue weighted by Gasteiger charge is 2.07. The van der Waals surface area contributed by atoms with Crippen LogP contribution in [0, 0.1) is 24.1 Å². The van der Waals surface area contributed by atoms with E-state index in [1.807, 2.05) is 67.6 Å². The van der Waals surface area contributed by atoms with Crippen molar-refractivity contribution in [3.05, 3.63) is 108 Å². The molecule has 4 aromatic rings. The third-order valence-corrected chi connectivity index (χ3v) is 4.96. The average Bonchev–Trinajstić information content (AvgIpc) is 2.80. The maximum Gasteiger partial charge on any atom is 0.230 e. The summed E-state index contributed by atoms with van der Waals surface area (Å²) in [5.41, 5.74) is 5.16. The molecule has 0 heterocycles. The summed E-state index contributed by atoms with van der Waals surface area (Å²) in [7, 11) is 0. The van der Waals surface area contributed by atoms with Crippen molar-refractivity contribution >= 4 is 0 Å². The van der Waals surface area contributed by atoms with Gasteiger partial charge in [0.2, 0.25) is 6.79 Å². The van der Waals surface area contributed by atoms with E-state index >= 15 is 0 Å². The maximum atomic E-state index is 14.5. The van der Waals surface area contributed by atoms with Gasteiger partial charge in [0.05, 0.1) is 11.6 Å². The SMILES string of the molecule is Cc1ccc(-c2ccc(OCOc3ccc(-c4ccc(C#N)cc4)cc3)cc2F)cc1. The Hall–Kier alpha value is -4.10. The molecule has 0 spiro atoms. The summed E-state index contributed by atoms with van der Waals surface area (Å²) in [6.07, 6.45) is 0.